The maximum absolute atomic E-state index is 12.5. The molecule has 0 spiro atoms. The highest BCUT2D eigenvalue weighted by molar-refractivity contribution is 9.10. The van der Waals surface area contributed by atoms with E-state index in [2.05, 4.69) is 46.5 Å². The van der Waals surface area contributed by atoms with E-state index in [1.807, 2.05) is 100 Å². The van der Waals surface area contributed by atoms with E-state index in [1.54, 1.807) is 42.6 Å². The minimum Gasteiger partial charge on any atom is -0.423 e. The number of amides is 2. The zero-order chi connectivity index (χ0) is 44.6. The van der Waals surface area contributed by atoms with Crippen molar-refractivity contribution in [1.29, 1.82) is 0 Å². The van der Waals surface area contributed by atoms with Crippen molar-refractivity contribution in [3.63, 3.8) is 0 Å². The average molecular weight is 975 g/mol. The lowest BCUT2D eigenvalue weighted by Gasteiger charge is -2.11. The quantitative estimate of drug-likeness (QED) is 0.110. The number of benzene rings is 4. The summed E-state index contributed by atoms with van der Waals surface area (Å²) in [5.74, 6) is 1.60. The molecule has 10 rings (SSSR count). The van der Waals surface area contributed by atoms with Gasteiger partial charge in [0.15, 0.2) is 0 Å². The molecular formula is C49H48BBrCl2N8O4. The molecule has 2 aliphatic carbocycles. The van der Waals surface area contributed by atoms with Gasteiger partial charge in [0.05, 0.1) is 25.9 Å². The van der Waals surface area contributed by atoms with Crippen LogP contribution in [0.1, 0.15) is 58.8 Å². The fourth-order valence-corrected chi connectivity index (χ4v) is 8.62. The summed E-state index contributed by atoms with van der Waals surface area (Å²) in [5.41, 5.74) is 7.08. The van der Waals surface area contributed by atoms with Gasteiger partial charge in [0, 0.05) is 77.1 Å². The Morgan fingerprint density at radius 3 is 1.55 bits per heavy atom. The van der Waals surface area contributed by atoms with Gasteiger partial charge in [-0.2, -0.15) is 0 Å². The van der Waals surface area contributed by atoms with Gasteiger partial charge in [0.2, 0.25) is 23.4 Å². The Kier molecular flexibility index (Phi) is 15.8. The summed E-state index contributed by atoms with van der Waals surface area (Å²) in [5, 5.41) is 24.4. The highest BCUT2D eigenvalue weighted by Gasteiger charge is 2.24. The molecule has 4 N–H and O–H groups in total. The highest BCUT2D eigenvalue weighted by atomic mass is 79.9. The number of halogens is 3. The largest absolute Gasteiger partial charge is 0.488 e. The third-order valence-electron chi connectivity index (χ3n) is 11.3. The molecule has 0 atom stereocenters. The standard InChI is InChI=1S/C24H21ClN4O.C18H16BrClN4O.C6H7BO2.CH4/c25-21-11-10-19(27-23(30)17-8-4-5-9-17)12-20(21)22-15-29-14-18(13-26-24(29)28-22)16-6-2-1-3-7-16;19-12-8-21-18-23-16(10-24(18)9-12)14-7-13(5-6-15(14)20)22-17(25)11-3-1-2-4-11;8-7(9)6-4-2-1-3-5-6;/h1-3,6-7,10-15,17H,4-5,8-9H2,(H,27,30);5-11H,1-4H2,(H,22,25);1-5,8-9H;1H4. The second-order valence-electron chi connectivity index (χ2n) is 15.8. The number of hydrogen-bond acceptors (Lipinski definition) is 8. The van der Waals surface area contributed by atoms with Gasteiger partial charge in [0.25, 0.3) is 0 Å². The van der Waals surface area contributed by atoms with Crippen LogP contribution in [0, 0.1) is 11.8 Å². The van der Waals surface area contributed by atoms with E-state index in [0.29, 0.717) is 32.8 Å². The van der Waals surface area contributed by atoms with Crippen LogP contribution < -0.4 is 16.1 Å². The number of anilines is 2. The first-order valence-corrected chi connectivity index (χ1v) is 22.7. The minimum absolute atomic E-state index is 0. The van der Waals surface area contributed by atoms with Crippen molar-refractivity contribution in [3.8, 4) is 33.6 Å². The van der Waals surface area contributed by atoms with Crippen molar-refractivity contribution < 1.29 is 19.6 Å². The molecule has 65 heavy (non-hydrogen) atoms. The number of imidazole rings is 2. The van der Waals surface area contributed by atoms with E-state index in [-0.39, 0.29) is 31.1 Å². The third kappa shape index (κ3) is 11.9. The number of rotatable bonds is 8. The molecule has 0 saturated heterocycles. The second-order valence-corrected chi connectivity index (χ2v) is 17.5. The van der Waals surface area contributed by atoms with Crippen molar-refractivity contribution in [3.05, 3.63) is 149 Å². The molecule has 8 aromatic rings. The number of nitrogens with one attached hydrogen (secondary N) is 2. The second kappa shape index (κ2) is 21.9. The lowest BCUT2D eigenvalue weighted by molar-refractivity contribution is -0.120. The fourth-order valence-electron chi connectivity index (χ4n) is 7.87. The molecule has 2 aliphatic rings. The van der Waals surface area contributed by atoms with Gasteiger partial charge in [-0.3, -0.25) is 18.4 Å². The van der Waals surface area contributed by atoms with E-state index in [9.17, 15) is 9.59 Å². The SMILES string of the molecule is C.O=C(Nc1ccc(Cl)c(-c2cn3cc(-c4ccccc4)cnc3n2)c1)C1CCCC1.O=C(Nc1ccc(Cl)c(-c2cn3cc(Br)cnc3n2)c1)C1CCCC1.OB(O)c1ccccc1. The Hall–Kier alpha value is -5.90. The van der Waals surface area contributed by atoms with Crippen molar-refractivity contribution in [2.24, 2.45) is 11.8 Å². The summed E-state index contributed by atoms with van der Waals surface area (Å²) < 4.78 is 4.60. The number of hydrogen-bond donors (Lipinski definition) is 4. The van der Waals surface area contributed by atoms with Crippen LogP contribution in [0.5, 0.6) is 0 Å². The molecule has 4 aromatic carbocycles. The Labute approximate surface area is 396 Å². The molecule has 2 saturated carbocycles. The first kappa shape index (κ1) is 47.1. The number of nitrogens with zero attached hydrogens (tertiary/aromatic N) is 6. The number of carbonyl (C=O) groups is 2. The van der Waals surface area contributed by atoms with E-state index in [0.717, 1.165) is 95.2 Å². The molecule has 0 radical (unpaired) electrons. The topological polar surface area (TPSA) is 159 Å². The molecule has 0 bridgehead atoms. The molecule has 4 heterocycles. The smallest absolute Gasteiger partial charge is 0.423 e. The molecule has 2 amide bonds. The Bertz CT molecular complexity index is 2890. The van der Waals surface area contributed by atoms with Gasteiger partial charge in [0.1, 0.15) is 0 Å². The van der Waals surface area contributed by atoms with Crippen molar-refractivity contribution in [2.45, 2.75) is 58.8 Å². The maximum atomic E-state index is 12.5. The maximum Gasteiger partial charge on any atom is 0.488 e. The van der Waals surface area contributed by atoms with Crippen LogP contribution in [0.4, 0.5) is 11.4 Å². The molecule has 16 heteroatoms. The third-order valence-corrected chi connectivity index (χ3v) is 12.3. The van der Waals surface area contributed by atoms with Gasteiger partial charge in [-0.1, -0.05) is 117 Å². The Morgan fingerprint density at radius 2 is 1.08 bits per heavy atom. The van der Waals surface area contributed by atoms with Crippen molar-refractivity contribution in [1.82, 2.24) is 28.7 Å². The molecule has 12 nitrogen and oxygen atoms in total. The Morgan fingerprint density at radius 1 is 0.615 bits per heavy atom. The lowest BCUT2D eigenvalue weighted by Crippen LogP contribution is -2.29. The zero-order valence-corrected chi connectivity index (χ0v) is 37.7. The molecule has 0 aliphatic heterocycles. The normalized spacial score (nSPS) is 13.6. The first-order valence-electron chi connectivity index (χ1n) is 21.1. The monoisotopic (exact) mass is 972 g/mol. The summed E-state index contributed by atoms with van der Waals surface area (Å²) in [6.07, 6.45) is 19.6. The van der Waals surface area contributed by atoms with E-state index >= 15 is 0 Å². The molecule has 4 aromatic heterocycles. The van der Waals surface area contributed by atoms with E-state index in [1.165, 1.54) is 0 Å². The van der Waals surface area contributed by atoms with Crippen LogP contribution in [0.25, 0.3) is 45.2 Å². The van der Waals surface area contributed by atoms with Crippen molar-refractivity contribution in [2.75, 3.05) is 10.6 Å². The van der Waals surface area contributed by atoms with E-state index < -0.39 is 7.12 Å². The number of fused-ring (bicyclic) bond motifs is 2. The number of aromatic nitrogens is 6. The summed E-state index contributed by atoms with van der Waals surface area (Å²) >= 11 is 16.2. The number of carbonyl (C=O) groups excluding carboxylic acids is 2. The molecule has 2 fully saturated rings. The van der Waals surface area contributed by atoms with Gasteiger partial charge < -0.3 is 20.7 Å². The molecular weight excluding hydrogens is 926 g/mol. The van der Waals surface area contributed by atoms with Gasteiger partial charge >= 0.3 is 7.12 Å². The fraction of sp³-hybridized carbons (Fsp3) is 0.224. The Balaban J connectivity index is 0.000000163. The average Bonchev–Trinajstić information content (AvgIpc) is 4.16. The van der Waals surface area contributed by atoms with Crippen LogP contribution in [-0.2, 0) is 9.59 Å². The summed E-state index contributed by atoms with van der Waals surface area (Å²) in [6.45, 7) is 0. The van der Waals surface area contributed by atoms with Crippen LogP contribution in [0.3, 0.4) is 0 Å². The minimum atomic E-state index is -1.34. The predicted octanol–water partition coefficient (Wildman–Crippen LogP) is 10.8. The van der Waals surface area contributed by atoms with Crippen LogP contribution in [0.15, 0.2) is 139 Å². The predicted molar refractivity (Wildman–Crippen MR) is 264 cm³/mol. The van der Waals surface area contributed by atoms with Gasteiger partial charge in [-0.25, -0.2) is 19.9 Å². The molecule has 332 valence electrons. The van der Waals surface area contributed by atoms with Crippen molar-refractivity contribution >= 4 is 86.5 Å². The van der Waals surface area contributed by atoms with Gasteiger partial charge in [-0.05, 0) is 89.0 Å². The van der Waals surface area contributed by atoms with Crippen LogP contribution >= 0.6 is 39.1 Å². The summed E-state index contributed by atoms with van der Waals surface area (Å²) in [4.78, 5) is 42.7. The van der Waals surface area contributed by atoms with E-state index in [4.69, 9.17) is 33.2 Å². The molecule has 0 unspecified atom stereocenters. The van der Waals surface area contributed by atoms with Crippen LogP contribution in [0.2, 0.25) is 10.0 Å². The lowest BCUT2D eigenvalue weighted by atomic mass is 9.81. The first-order chi connectivity index (χ1) is 31.1. The highest BCUT2D eigenvalue weighted by Crippen LogP contribution is 2.34. The van der Waals surface area contributed by atoms with Gasteiger partial charge in [-0.15, -0.1) is 0 Å². The summed E-state index contributed by atoms with van der Waals surface area (Å²) in [7, 11) is -1.34. The zero-order valence-electron chi connectivity index (χ0n) is 34.6. The van der Waals surface area contributed by atoms with Crippen LogP contribution in [-0.4, -0.2) is 57.7 Å². The summed E-state index contributed by atoms with van der Waals surface area (Å²) in [6, 6.07) is 29.7.